The van der Waals surface area contributed by atoms with Crippen molar-refractivity contribution >= 4 is 0 Å². The average molecular weight is 359 g/mol. The normalized spacial score (nSPS) is 41.8. The molecule has 1 N–H and O–H groups in total. The molecule has 0 radical (unpaired) electrons. The fourth-order valence-electron chi connectivity index (χ4n) is 6.63. The van der Waals surface area contributed by atoms with Crippen LogP contribution in [-0.4, -0.2) is 67.5 Å². The van der Waals surface area contributed by atoms with E-state index < -0.39 is 16.8 Å². The first-order chi connectivity index (χ1) is 12.6. The van der Waals surface area contributed by atoms with Crippen LogP contribution in [0.4, 0.5) is 0 Å². The Balaban J connectivity index is 1.66. The van der Waals surface area contributed by atoms with Crippen molar-refractivity contribution in [2.24, 2.45) is 0 Å². The molecule has 1 aromatic carbocycles. The Hall–Kier alpha value is -1.34. The lowest BCUT2D eigenvalue weighted by Crippen LogP contribution is -2.79. The number of aliphatic hydroxyl groups is 1. The molecular weight excluding hydrogens is 334 g/mol. The van der Waals surface area contributed by atoms with Crippen molar-refractivity contribution in [2.75, 3.05) is 33.9 Å². The molecule has 2 aliphatic carbocycles. The number of likely N-dealkylation sites (N-methyl/N-ethyl adjacent to an activating group) is 1. The SMILES string of the molecule is COc1ccc2c3c1O[C@H]1C4(CC[C@@]5(O)[C@@H](C2)N(C)CC[C@]315)OCCO4. The number of nitrogens with zero attached hydrogens (tertiary/aromatic N) is 1. The fraction of sp³-hybridized carbons (Fsp3) is 0.700. The van der Waals surface area contributed by atoms with Gasteiger partial charge in [0.1, 0.15) is 0 Å². The van der Waals surface area contributed by atoms with Gasteiger partial charge in [-0.2, -0.15) is 0 Å². The zero-order chi connectivity index (χ0) is 17.7. The first-order valence-electron chi connectivity index (χ1n) is 9.63. The number of benzene rings is 1. The van der Waals surface area contributed by atoms with Crippen molar-refractivity contribution in [1.82, 2.24) is 4.90 Å². The van der Waals surface area contributed by atoms with Crippen molar-refractivity contribution in [3.8, 4) is 11.5 Å². The summed E-state index contributed by atoms with van der Waals surface area (Å²) in [6.07, 6.45) is 2.66. The quantitative estimate of drug-likeness (QED) is 0.814. The van der Waals surface area contributed by atoms with Crippen LogP contribution >= 0.6 is 0 Å². The number of piperidine rings is 1. The number of rotatable bonds is 1. The van der Waals surface area contributed by atoms with E-state index >= 15 is 0 Å². The summed E-state index contributed by atoms with van der Waals surface area (Å²) in [5.74, 6) is 0.767. The highest BCUT2D eigenvalue weighted by atomic mass is 16.8. The summed E-state index contributed by atoms with van der Waals surface area (Å²) in [5, 5.41) is 12.1. The second kappa shape index (κ2) is 4.73. The van der Waals surface area contributed by atoms with Crippen LogP contribution in [0, 0.1) is 0 Å². The molecule has 26 heavy (non-hydrogen) atoms. The van der Waals surface area contributed by atoms with Crippen molar-refractivity contribution in [3.05, 3.63) is 23.3 Å². The molecule has 2 bridgehead atoms. The maximum absolute atomic E-state index is 12.1. The van der Waals surface area contributed by atoms with Crippen molar-refractivity contribution in [2.45, 2.75) is 54.6 Å². The number of methoxy groups -OCH3 is 1. The van der Waals surface area contributed by atoms with E-state index in [4.69, 9.17) is 18.9 Å². The molecule has 2 spiro atoms. The van der Waals surface area contributed by atoms with E-state index in [0.29, 0.717) is 26.1 Å². The van der Waals surface area contributed by atoms with Gasteiger partial charge in [0.15, 0.2) is 17.6 Å². The number of likely N-dealkylation sites (tertiary alicyclic amines) is 1. The van der Waals surface area contributed by atoms with Gasteiger partial charge in [-0.05, 0) is 44.5 Å². The van der Waals surface area contributed by atoms with E-state index in [1.807, 2.05) is 6.07 Å². The van der Waals surface area contributed by atoms with Gasteiger partial charge >= 0.3 is 0 Å². The Morgan fingerprint density at radius 3 is 2.77 bits per heavy atom. The van der Waals surface area contributed by atoms with Gasteiger partial charge in [-0.3, -0.25) is 0 Å². The molecular formula is C20H25NO5. The molecule has 1 aromatic rings. The molecule has 140 valence electrons. The summed E-state index contributed by atoms with van der Waals surface area (Å²) < 4.78 is 24.5. The fourth-order valence-corrected chi connectivity index (χ4v) is 6.63. The van der Waals surface area contributed by atoms with E-state index in [2.05, 4.69) is 18.0 Å². The largest absolute Gasteiger partial charge is 0.493 e. The topological polar surface area (TPSA) is 60.4 Å². The second-order valence-corrected chi connectivity index (χ2v) is 8.48. The monoisotopic (exact) mass is 359 g/mol. The molecule has 6 nitrogen and oxygen atoms in total. The van der Waals surface area contributed by atoms with Gasteiger partial charge in [-0.25, -0.2) is 0 Å². The lowest BCUT2D eigenvalue weighted by molar-refractivity contribution is -0.295. The van der Waals surface area contributed by atoms with E-state index in [-0.39, 0.29) is 12.1 Å². The second-order valence-electron chi connectivity index (χ2n) is 8.48. The molecule has 0 unspecified atom stereocenters. The molecule has 6 rings (SSSR count). The Bertz CT molecular complexity index is 791. The van der Waals surface area contributed by atoms with Crippen LogP contribution in [0.25, 0.3) is 0 Å². The van der Waals surface area contributed by atoms with Crippen LogP contribution in [0.15, 0.2) is 12.1 Å². The lowest BCUT2D eigenvalue weighted by Gasteiger charge is -2.64. The predicted octanol–water partition coefficient (Wildman–Crippen LogP) is 1.22. The molecule has 0 aromatic heterocycles. The van der Waals surface area contributed by atoms with Gasteiger partial charge in [0, 0.05) is 18.0 Å². The Kier molecular flexibility index (Phi) is 2.86. The third-order valence-corrected chi connectivity index (χ3v) is 7.72. The summed E-state index contributed by atoms with van der Waals surface area (Å²) in [6.45, 7) is 2.09. The molecule has 4 atom stereocenters. The molecule has 1 saturated carbocycles. The smallest absolute Gasteiger partial charge is 0.207 e. The molecule has 6 heteroatoms. The molecule has 3 heterocycles. The van der Waals surface area contributed by atoms with Gasteiger partial charge in [0.25, 0.3) is 0 Å². The standard InChI is InChI=1S/C20H25NO5/c1-21-8-7-18-15-12-3-4-13(23-2)16(15)26-17(18)20(24-9-10-25-20)6-5-19(18,22)14(21)11-12/h3-4,14,17,22H,5-11H2,1-2H3/t14-,17-,18+,19-/m1/s1. The maximum atomic E-state index is 12.1. The summed E-state index contributed by atoms with van der Waals surface area (Å²) in [7, 11) is 3.80. The predicted molar refractivity (Wildman–Crippen MR) is 92.6 cm³/mol. The number of ether oxygens (including phenoxy) is 4. The van der Waals surface area contributed by atoms with Crippen molar-refractivity contribution < 1.29 is 24.1 Å². The highest BCUT2D eigenvalue weighted by Gasteiger charge is 2.77. The van der Waals surface area contributed by atoms with Crippen LogP contribution in [0.3, 0.4) is 0 Å². The maximum Gasteiger partial charge on any atom is 0.207 e. The molecule has 0 amide bonds. The Morgan fingerprint density at radius 2 is 2.00 bits per heavy atom. The first-order valence-corrected chi connectivity index (χ1v) is 9.63. The zero-order valence-corrected chi connectivity index (χ0v) is 15.3. The van der Waals surface area contributed by atoms with E-state index in [1.165, 1.54) is 5.56 Å². The first kappa shape index (κ1) is 15.7. The van der Waals surface area contributed by atoms with E-state index in [1.54, 1.807) is 7.11 Å². The van der Waals surface area contributed by atoms with Gasteiger partial charge in [-0.1, -0.05) is 6.07 Å². The summed E-state index contributed by atoms with van der Waals surface area (Å²) in [6, 6.07) is 4.23. The third kappa shape index (κ3) is 1.48. The summed E-state index contributed by atoms with van der Waals surface area (Å²) in [5.41, 5.74) is 1.08. The van der Waals surface area contributed by atoms with E-state index in [0.717, 1.165) is 36.4 Å². The minimum Gasteiger partial charge on any atom is -0.493 e. The van der Waals surface area contributed by atoms with Crippen LogP contribution < -0.4 is 9.47 Å². The minimum atomic E-state index is -0.837. The Labute approximate surface area is 153 Å². The number of hydrogen-bond acceptors (Lipinski definition) is 6. The highest BCUT2D eigenvalue weighted by molar-refractivity contribution is 5.63. The number of fused-ring (bicyclic) bond motifs is 1. The van der Waals surface area contributed by atoms with Crippen LogP contribution in [0.1, 0.15) is 30.4 Å². The highest BCUT2D eigenvalue weighted by Crippen LogP contribution is 2.67. The zero-order valence-electron chi connectivity index (χ0n) is 15.3. The van der Waals surface area contributed by atoms with Gasteiger partial charge in [0.05, 0.1) is 31.3 Å². The molecule has 3 fully saturated rings. The van der Waals surface area contributed by atoms with E-state index in [9.17, 15) is 5.11 Å². The average Bonchev–Trinajstić information content (AvgIpc) is 3.24. The van der Waals surface area contributed by atoms with Crippen LogP contribution in [0.5, 0.6) is 11.5 Å². The molecule has 2 saturated heterocycles. The van der Waals surface area contributed by atoms with Crippen molar-refractivity contribution in [1.29, 1.82) is 0 Å². The third-order valence-electron chi connectivity index (χ3n) is 7.72. The van der Waals surface area contributed by atoms with Crippen molar-refractivity contribution in [3.63, 3.8) is 0 Å². The van der Waals surface area contributed by atoms with Crippen LogP contribution in [-0.2, 0) is 21.3 Å². The Morgan fingerprint density at radius 1 is 1.19 bits per heavy atom. The van der Waals surface area contributed by atoms with Crippen LogP contribution in [0.2, 0.25) is 0 Å². The molecule has 3 aliphatic heterocycles. The summed E-state index contributed by atoms with van der Waals surface area (Å²) in [4.78, 5) is 2.32. The van der Waals surface area contributed by atoms with Gasteiger partial charge in [-0.15, -0.1) is 0 Å². The minimum absolute atomic E-state index is 0.0907. The van der Waals surface area contributed by atoms with Gasteiger partial charge < -0.3 is 29.0 Å². The molecule has 5 aliphatic rings. The lowest BCUT2D eigenvalue weighted by atomic mass is 9.48. The summed E-state index contributed by atoms with van der Waals surface area (Å²) >= 11 is 0. The van der Waals surface area contributed by atoms with Gasteiger partial charge in [0.2, 0.25) is 5.79 Å². The number of hydrogen-bond donors (Lipinski definition) is 1.